The Labute approximate surface area is 171 Å². The standard InChI is InChI=1S/C23H26N2O4/c1-14(2)12-25-19-11-18(9-10-20(19)29-17(5)23(25)27)24-21(26)13-28-22-15(3)7-6-8-16(22)4/h6-11,17H,1,12-13H2,2-5H3,(H,24,26). The van der Waals surface area contributed by atoms with Gasteiger partial charge in [0.25, 0.3) is 11.8 Å². The molecule has 152 valence electrons. The quantitative estimate of drug-likeness (QED) is 0.752. The van der Waals surface area contributed by atoms with E-state index in [1.54, 1.807) is 30.0 Å². The minimum Gasteiger partial charge on any atom is -0.483 e. The molecule has 0 fully saturated rings. The van der Waals surface area contributed by atoms with Crippen molar-refractivity contribution in [3.63, 3.8) is 0 Å². The fraction of sp³-hybridized carbons (Fsp3) is 0.304. The van der Waals surface area contributed by atoms with Crippen LogP contribution in [0.3, 0.4) is 0 Å². The highest BCUT2D eigenvalue weighted by atomic mass is 16.5. The molecular formula is C23H26N2O4. The molecule has 1 N–H and O–H groups in total. The van der Waals surface area contributed by atoms with Gasteiger partial charge in [0, 0.05) is 12.2 Å². The van der Waals surface area contributed by atoms with Crippen molar-refractivity contribution in [2.75, 3.05) is 23.4 Å². The molecule has 0 aliphatic carbocycles. The van der Waals surface area contributed by atoms with Crippen LogP contribution < -0.4 is 19.7 Å². The van der Waals surface area contributed by atoms with Gasteiger partial charge < -0.3 is 19.7 Å². The molecule has 1 unspecified atom stereocenters. The monoisotopic (exact) mass is 394 g/mol. The smallest absolute Gasteiger partial charge is 0.268 e. The van der Waals surface area contributed by atoms with E-state index in [4.69, 9.17) is 9.47 Å². The van der Waals surface area contributed by atoms with Crippen LogP contribution in [0.1, 0.15) is 25.0 Å². The van der Waals surface area contributed by atoms with Gasteiger partial charge in [-0.2, -0.15) is 0 Å². The summed E-state index contributed by atoms with van der Waals surface area (Å²) in [5.41, 5.74) is 3.99. The number of anilines is 2. The topological polar surface area (TPSA) is 67.9 Å². The average Bonchev–Trinajstić information content (AvgIpc) is 2.65. The lowest BCUT2D eigenvalue weighted by atomic mass is 10.1. The van der Waals surface area contributed by atoms with Crippen LogP contribution in [0.5, 0.6) is 11.5 Å². The third-order valence-corrected chi connectivity index (χ3v) is 4.64. The van der Waals surface area contributed by atoms with E-state index >= 15 is 0 Å². The fourth-order valence-corrected chi connectivity index (χ4v) is 3.28. The Bertz CT molecular complexity index is 947. The summed E-state index contributed by atoms with van der Waals surface area (Å²) >= 11 is 0. The number of amides is 2. The minimum absolute atomic E-state index is 0.106. The number of fused-ring (bicyclic) bond motifs is 1. The summed E-state index contributed by atoms with van der Waals surface area (Å²) in [5.74, 6) is 0.898. The normalized spacial score (nSPS) is 15.4. The zero-order chi connectivity index (χ0) is 21.1. The van der Waals surface area contributed by atoms with Gasteiger partial charge >= 0.3 is 0 Å². The Hall–Kier alpha value is -3.28. The molecule has 0 saturated carbocycles. The van der Waals surface area contributed by atoms with E-state index < -0.39 is 6.10 Å². The summed E-state index contributed by atoms with van der Waals surface area (Å²) in [6, 6.07) is 11.1. The zero-order valence-electron chi connectivity index (χ0n) is 17.2. The zero-order valence-corrected chi connectivity index (χ0v) is 17.2. The predicted molar refractivity (Wildman–Crippen MR) is 114 cm³/mol. The number of nitrogens with zero attached hydrogens (tertiary/aromatic N) is 1. The fourth-order valence-electron chi connectivity index (χ4n) is 3.28. The third-order valence-electron chi connectivity index (χ3n) is 4.64. The Balaban J connectivity index is 1.74. The average molecular weight is 394 g/mol. The molecule has 29 heavy (non-hydrogen) atoms. The minimum atomic E-state index is -0.562. The molecule has 6 heteroatoms. The van der Waals surface area contributed by atoms with Crippen LogP contribution in [0.4, 0.5) is 11.4 Å². The molecule has 2 amide bonds. The van der Waals surface area contributed by atoms with Crippen LogP contribution in [0.15, 0.2) is 48.6 Å². The summed E-state index contributed by atoms with van der Waals surface area (Å²) in [5, 5.41) is 2.82. The van der Waals surface area contributed by atoms with Crippen molar-refractivity contribution in [3.05, 3.63) is 59.7 Å². The molecule has 2 aromatic carbocycles. The molecule has 0 aromatic heterocycles. The van der Waals surface area contributed by atoms with Crippen molar-refractivity contribution >= 4 is 23.2 Å². The lowest BCUT2D eigenvalue weighted by molar-refractivity contribution is -0.125. The van der Waals surface area contributed by atoms with Gasteiger partial charge in [-0.15, -0.1) is 0 Å². The molecule has 1 heterocycles. The Morgan fingerprint density at radius 2 is 1.93 bits per heavy atom. The van der Waals surface area contributed by atoms with Gasteiger partial charge in [-0.3, -0.25) is 9.59 Å². The van der Waals surface area contributed by atoms with E-state index in [-0.39, 0.29) is 18.4 Å². The van der Waals surface area contributed by atoms with Crippen LogP contribution in [0.2, 0.25) is 0 Å². The number of rotatable bonds is 6. The molecule has 6 nitrogen and oxygen atoms in total. The largest absolute Gasteiger partial charge is 0.483 e. The highest BCUT2D eigenvalue weighted by molar-refractivity contribution is 6.01. The maximum atomic E-state index is 12.5. The summed E-state index contributed by atoms with van der Waals surface area (Å²) in [4.78, 5) is 26.6. The summed E-state index contributed by atoms with van der Waals surface area (Å²) < 4.78 is 11.4. The van der Waals surface area contributed by atoms with Crippen molar-refractivity contribution in [2.24, 2.45) is 0 Å². The van der Waals surface area contributed by atoms with Crippen LogP contribution in [-0.4, -0.2) is 31.1 Å². The number of nitrogens with one attached hydrogen (secondary N) is 1. The highest BCUT2D eigenvalue weighted by Crippen LogP contribution is 2.36. The molecule has 3 rings (SSSR count). The molecular weight excluding hydrogens is 368 g/mol. The lowest BCUT2D eigenvalue weighted by Crippen LogP contribution is -2.45. The first kappa shape index (κ1) is 20.5. The Morgan fingerprint density at radius 3 is 2.59 bits per heavy atom. The summed E-state index contributed by atoms with van der Waals surface area (Å²) in [6.07, 6.45) is -0.562. The summed E-state index contributed by atoms with van der Waals surface area (Å²) in [6.45, 7) is 11.7. The second kappa shape index (κ2) is 8.39. The molecule has 1 atom stereocenters. The van der Waals surface area contributed by atoms with E-state index in [2.05, 4.69) is 11.9 Å². The second-order valence-electron chi connectivity index (χ2n) is 7.38. The molecule has 1 aliphatic rings. The van der Waals surface area contributed by atoms with Crippen LogP contribution in [0.25, 0.3) is 0 Å². The molecule has 0 bridgehead atoms. The predicted octanol–water partition coefficient (Wildman–Crippen LogP) is 4.01. The number of hydrogen-bond donors (Lipinski definition) is 1. The van der Waals surface area contributed by atoms with Gasteiger partial charge in [0.2, 0.25) is 0 Å². The Kier molecular flexibility index (Phi) is 5.92. The SMILES string of the molecule is C=C(C)CN1C(=O)C(C)Oc2ccc(NC(=O)COc3c(C)cccc3C)cc21. The second-order valence-corrected chi connectivity index (χ2v) is 7.38. The van der Waals surface area contributed by atoms with Crippen molar-refractivity contribution in [1.29, 1.82) is 0 Å². The first-order chi connectivity index (χ1) is 13.8. The number of ether oxygens (including phenoxy) is 2. The van der Waals surface area contributed by atoms with Crippen molar-refractivity contribution in [2.45, 2.75) is 33.8 Å². The third kappa shape index (κ3) is 4.59. The van der Waals surface area contributed by atoms with Gasteiger partial charge in [-0.25, -0.2) is 0 Å². The van der Waals surface area contributed by atoms with Gasteiger partial charge in [-0.1, -0.05) is 30.4 Å². The maximum Gasteiger partial charge on any atom is 0.268 e. The van der Waals surface area contributed by atoms with Crippen molar-refractivity contribution in [1.82, 2.24) is 0 Å². The highest BCUT2D eigenvalue weighted by Gasteiger charge is 2.31. The number of para-hydroxylation sites is 1. The van der Waals surface area contributed by atoms with Gasteiger partial charge in [0.15, 0.2) is 12.7 Å². The van der Waals surface area contributed by atoms with E-state index in [1.807, 2.05) is 39.0 Å². The number of carbonyl (C=O) groups excluding carboxylic acids is 2. The van der Waals surface area contributed by atoms with Crippen molar-refractivity contribution < 1.29 is 19.1 Å². The van der Waals surface area contributed by atoms with Gasteiger partial charge in [0.05, 0.1) is 5.69 Å². The molecule has 0 spiro atoms. The first-order valence-corrected chi connectivity index (χ1v) is 9.51. The van der Waals surface area contributed by atoms with E-state index in [9.17, 15) is 9.59 Å². The Morgan fingerprint density at radius 1 is 1.24 bits per heavy atom. The number of carbonyl (C=O) groups is 2. The number of benzene rings is 2. The molecule has 1 aliphatic heterocycles. The van der Waals surface area contributed by atoms with Crippen LogP contribution >= 0.6 is 0 Å². The van der Waals surface area contributed by atoms with Crippen LogP contribution in [-0.2, 0) is 9.59 Å². The van der Waals surface area contributed by atoms with Gasteiger partial charge in [-0.05, 0) is 57.0 Å². The van der Waals surface area contributed by atoms with E-state index in [1.165, 1.54) is 0 Å². The van der Waals surface area contributed by atoms with Gasteiger partial charge in [0.1, 0.15) is 11.5 Å². The maximum absolute atomic E-state index is 12.5. The van der Waals surface area contributed by atoms with Crippen LogP contribution in [0, 0.1) is 13.8 Å². The molecule has 0 radical (unpaired) electrons. The van der Waals surface area contributed by atoms with Crippen molar-refractivity contribution in [3.8, 4) is 11.5 Å². The number of hydrogen-bond acceptors (Lipinski definition) is 4. The van der Waals surface area contributed by atoms with E-state index in [0.717, 1.165) is 16.7 Å². The number of aryl methyl sites for hydroxylation is 2. The molecule has 0 saturated heterocycles. The lowest BCUT2D eigenvalue weighted by Gasteiger charge is -2.33. The first-order valence-electron chi connectivity index (χ1n) is 9.51. The molecule has 2 aromatic rings. The summed E-state index contributed by atoms with van der Waals surface area (Å²) in [7, 11) is 0. The van der Waals surface area contributed by atoms with E-state index in [0.29, 0.717) is 29.4 Å².